The highest BCUT2D eigenvalue weighted by molar-refractivity contribution is 5.67. The molecule has 16 heavy (non-hydrogen) atoms. The van der Waals surface area contributed by atoms with Crippen molar-refractivity contribution in [1.82, 2.24) is 10.2 Å². The lowest BCUT2D eigenvalue weighted by Crippen LogP contribution is -2.43. The van der Waals surface area contributed by atoms with E-state index in [4.69, 9.17) is 0 Å². The Morgan fingerprint density at radius 1 is 1.31 bits per heavy atom. The fraction of sp³-hybridized carbons (Fsp3) is 0.429. The van der Waals surface area contributed by atoms with Gasteiger partial charge < -0.3 is 5.32 Å². The van der Waals surface area contributed by atoms with Crippen molar-refractivity contribution >= 4 is 5.57 Å². The molecule has 1 heterocycles. The molecule has 2 heteroatoms. The monoisotopic (exact) mass is 216 g/mol. The molecule has 0 unspecified atom stereocenters. The minimum absolute atomic E-state index is 0.993. The van der Waals surface area contributed by atoms with E-state index in [9.17, 15) is 0 Å². The second-order valence-corrected chi connectivity index (χ2v) is 4.44. The zero-order valence-corrected chi connectivity index (χ0v) is 10.00. The number of rotatable bonds is 3. The van der Waals surface area contributed by atoms with Gasteiger partial charge in [-0.15, -0.1) is 0 Å². The average Bonchev–Trinajstić information content (AvgIpc) is 2.31. The molecule has 0 saturated carbocycles. The van der Waals surface area contributed by atoms with Crippen LogP contribution >= 0.6 is 0 Å². The van der Waals surface area contributed by atoms with E-state index < -0.39 is 0 Å². The molecule has 1 fully saturated rings. The van der Waals surface area contributed by atoms with Gasteiger partial charge in [0.25, 0.3) is 0 Å². The standard InChI is InChI=1S/C14H20N2/c1-12-5-3-4-6-14(12)13(2)11-16-9-7-15-8-10-16/h3-6,15H,2,7-11H2,1H3. The molecule has 0 aliphatic carbocycles. The van der Waals surface area contributed by atoms with Crippen molar-refractivity contribution < 1.29 is 0 Å². The fourth-order valence-corrected chi connectivity index (χ4v) is 2.19. The number of nitrogens with one attached hydrogen (secondary N) is 1. The lowest BCUT2D eigenvalue weighted by molar-refractivity contribution is 0.268. The van der Waals surface area contributed by atoms with Gasteiger partial charge in [-0.25, -0.2) is 0 Å². The minimum Gasteiger partial charge on any atom is -0.314 e. The van der Waals surface area contributed by atoms with E-state index in [1.807, 2.05) is 0 Å². The van der Waals surface area contributed by atoms with Crippen LogP contribution in [0.25, 0.3) is 5.57 Å². The zero-order valence-electron chi connectivity index (χ0n) is 10.00. The van der Waals surface area contributed by atoms with Crippen molar-refractivity contribution in [3.63, 3.8) is 0 Å². The summed E-state index contributed by atoms with van der Waals surface area (Å²) in [4.78, 5) is 2.46. The predicted molar refractivity (Wildman–Crippen MR) is 69.5 cm³/mol. The summed E-state index contributed by atoms with van der Waals surface area (Å²) in [6, 6.07) is 8.49. The van der Waals surface area contributed by atoms with Gasteiger partial charge in [0.2, 0.25) is 0 Å². The van der Waals surface area contributed by atoms with E-state index in [1.54, 1.807) is 0 Å². The summed E-state index contributed by atoms with van der Waals surface area (Å²) in [5, 5.41) is 3.37. The topological polar surface area (TPSA) is 15.3 Å². The van der Waals surface area contributed by atoms with Crippen LogP contribution < -0.4 is 5.32 Å². The molecule has 0 amide bonds. The molecule has 0 radical (unpaired) electrons. The van der Waals surface area contributed by atoms with Crippen molar-refractivity contribution in [2.24, 2.45) is 0 Å². The summed E-state index contributed by atoms with van der Waals surface area (Å²) < 4.78 is 0. The Morgan fingerprint density at radius 2 is 2.00 bits per heavy atom. The van der Waals surface area contributed by atoms with Crippen molar-refractivity contribution in [1.29, 1.82) is 0 Å². The highest BCUT2D eigenvalue weighted by atomic mass is 15.2. The summed E-state index contributed by atoms with van der Waals surface area (Å²) in [6.07, 6.45) is 0. The smallest absolute Gasteiger partial charge is 0.0234 e. The quantitative estimate of drug-likeness (QED) is 0.830. The van der Waals surface area contributed by atoms with Gasteiger partial charge in [0, 0.05) is 32.7 Å². The zero-order chi connectivity index (χ0) is 11.4. The fourth-order valence-electron chi connectivity index (χ4n) is 2.19. The van der Waals surface area contributed by atoms with Crippen LogP contribution in [0.1, 0.15) is 11.1 Å². The number of hydrogen-bond acceptors (Lipinski definition) is 2. The van der Waals surface area contributed by atoms with Crippen molar-refractivity contribution in [3.05, 3.63) is 42.0 Å². The Labute approximate surface area is 98.0 Å². The lowest BCUT2D eigenvalue weighted by atomic mass is 10.0. The molecule has 1 aromatic rings. The third-order valence-corrected chi connectivity index (χ3v) is 3.15. The number of piperazine rings is 1. The number of nitrogens with zero attached hydrogens (tertiary/aromatic N) is 1. The molecule has 0 spiro atoms. The summed E-state index contributed by atoms with van der Waals surface area (Å²) in [7, 11) is 0. The molecular formula is C14H20N2. The molecule has 1 saturated heterocycles. The summed E-state index contributed by atoms with van der Waals surface area (Å²) in [6.45, 7) is 11.8. The van der Waals surface area contributed by atoms with Gasteiger partial charge in [-0.3, -0.25) is 4.90 Å². The largest absolute Gasteiger partial charge is 0.314 e. The molecule has 2 nitrogen and oxygen atoms in total. The molecular weight excluding hydrogens is 196 g/mol. The SMILES string of the molecule is C=C(CN1CCNCC1)c1ccccc1C. The second-order valence-electron chi connectivity index (χ2n) is 4.44. The molecule has 2 rings (SSSR count). The molecule has 86 valence electrons. The van der Waals surface area contributed by atoms with Crippen LogP contribution in [0, 0.1) is 6.92 Å². The third-order valence-electron chi connectivity index (χ3n) is 3.15. The van der Waals surface area contributed by atoms with E-state index in [0.717, 1.165) is 32.7 Å². The normalized spacial score (nSPS) is 17.3. The maximum atomic E-state index is 4.22. The number of hydrogen-bond donors (Lipinski definition) is 1. The molecule has 1 aliphatic heterocycles. The van der Waals surface area contributed by atoms with Gasteiger partial charge in [0.05, 0.1) is 0 Å². The van der Waals surface area contributed by atoms with Gasteiger partial charge in [0.1, 0.15) is 0 Å². The summed E-state index contributed by atoms with van der Waals surface area (Å²) in [5.74, 6) is 0. The third kappa shape index (κ3) is 2.71. The minimum atomic E-state index is 0.993. The molecule has 1 N–H and O–H groups in total. The predicted octanol–water partition coefficient (Wildman–Crippen LogP) is 1.91. The Morgan fingerprint density at radius 3 is 2.69 bits per heavy atom. The van der Waals surface area contributed by atoms with Crippen LogP contribution in [0.5, 0.6) is 0 Å². The van der Waals surface area contributed by atoms with Crippen LogP contribution in [0.15, 0.2) is 30.8 Å². The van der Waals surface area contributed by atoms with Crippen LogP contribution in [0.4, 0.5) is 0 Å². The first-order valence-electron chi connectivity index (χ1n) is 5.94. The molecule has 0 atom stereocenters. The Balaban J connectivity index is 2.00. The highest BCUT2D eigenvalue weighted by Gasteiger charge is 2.11. The molecule has 1 aromatic carbocycles. The van der Waals surface area contributed by atoms with Crippen LogP contribution in [0.3, 0.4) is 0 Å². The van der Waals surface area contributed by atoms with Crippen molar-refractivity contribution in [3.8, 4) is 0 Å². The van der Waals surface area contributed by atoms with E-state index in [2.05, 4.69) is 48.0 Å². The van der Waals surface area contributed by atoms with Gasteiger partial charge in [-0.05, 0) is 23.6 Å². The second kappa shape index (κ2) is 5.28. The van der Waals surface area contributed by atoms with Crippen LogP contribution in [0.2, 0.25) is 0 Å². The van der Waals surface area contributed by atoms with Crippen molar-refractivity contribution in [2.45, 2.75) is 6.92 Å². The van der Waals surface area contributed by atoms with E-state index >= 15 is 0 Å². The Kier molecular flexibility index (Phi) is 3.75. The summed E-state index contributed by atoms with van der Waals surface area (Å²) >= 11 is 0. The average molecular weight is 216 g/mol. The maximum Gasteiger partial charge on any atom is 0.0234 e. The molecule has 0 aromatic heterocycles. The highest BCUT2D eigenvalue weighted by Crippen LogP contribution is 2.17. The van der Waals surface area contributed by atoms with Gasteiger partial charge in [0.15, 0.2) is 0 Å². The van der Waals surface area contributed by atoms with Gasteiger partial charge in [-0.2, -0.15) is 0 Å². The van der Waals surface area contributed by atoms with Crippen molar-refractivity contribution in [2.75, 3.05) is 32.7 Å². The first-order valence-corrected chi connectivity index (χ1v) is 5.94. The Bertz CT molecular complexity index is 365. The van der Waals surface area contributed by atoms with E-state index in [1.165, 1.54) is 16.7 Å². The first-order chi connectivity index (χ1) is 7.77. The maximum absolute atomic E-state index is 4.22. The van der Waals surface area contributed by atoms with Crippen LogP contribution in [-0.2, 0) is 0 Å². The number of aryl methyl sites for hydroxylation is 1. The van der Waals surface area contributed by atoms with Gasteiger partial charge in [-0.1, -0.05) is 30.8 Å². The summed E-state index contributed by atoms with van der Waals surface area (Å²) in [5.41, 5.74) is 3.86. The first kappa shape index (κ1) is 11.4. The van der Waals surface area contributed by atoms with Gasteiger partial charge >= 0.3 is 0 Å². The van der Waals surface area contributed by atoms with Crippen LogP contribution in [-0.4, -0.2) is 37.6 Å². The number of benzene rings is 1. The Hall–Kier alpha value is -1.12. The molecule has 1 aliphatic rings. The van der Waals surface area contributed by atoms with E-state index in [0.29, 0.717) is 0 Å². The molecule has 0 bridgehead atoms. The lowest BCUT2D eigenvalue weighted by Gasteiger charge is -2.28. The van der Waals surface area contributed by atoms with E-state index in [-0.39, 0.29) is 0 Å².